The summed E-state index contributed by atoms with van der Waals surface area (Å²) < 4.78 is 5.91. The Morgan fingerprint density at radius 1 is 0.800 bits per heavy atom. The van der Waals surface area contributed by atoms with Gasteiger partial charge in [-0.3, -0.25) is 4.79 Å². The molecule has 0 bridgehead atoms. The normalized spacial score (nSPS) is 49.3. The summed E-state index contributed by atoms with van der Waals surface area (Å²) in [6.45, 7) is 21.8. The maximum absolute atomic E-state index is 11.9. The van der Waals surface area contributed by atoms with E-state index in [0.717, 1.165) is 41.9 Å². The Morgan fingerprint density at radius 2 is 1.46 bits per heavy atom. The minimum atomic E-state index is -0.0897. The zero-order chi connectivity index (χ0) is 25.6. The quantitative estimate of drug-likeness (QED) is 0.351. The van der Waals surface area contributed by atoms with Crippen LogP contribution in [0.5, 0.6) is 0 Å². The molecule has 5 aliphatic rings. The molecule has 0 aromatic rings. The third-order valence-corrected chi connectivity index (χ3v) is 14.3. The number of ether oxygens (including phenoxy) is 1. The van der Waals surface area contributed by atoms with Crippen molar-refractivity contribution in [3.8, 4) is 0 Å². The summed E-state index contributed by atoms with van der Waals surface area (Å²) in [6.07, 6.45) is 15.4. The van der Waals surface area contributed by atoms with Gasteiger partial charge in [-0.15, -0.1) is 0 Å². The molecule has 0 radical (unpaired) electrons. The van der Waals surface area contributed by atoms with Gasteiger partial charge in [-0.25, -0.2) is 0 Å². The van der Waals surface area contributed by atoms with Crippen molar-refractivity contribution in [1.82, 2.24) is 0 Å². The molecule has 200 valence electrons. The van der Waals surface area contributed by atoms with E-state index in [4.69, 9.17) is 4.74 Å². The van der Waals surface area contributed by atoms with Gasteiger partial charge in [0.1, 0.15) is 6.10 Å². The maximum Gasteiger partial charge on any atom is 0.302 e. The molecule has 0 aromatic heterocycles. The third kappa shape index (κ3) is 3.42. The summed E-state index contributed by atoms with van der Waals surface area (Å²) in [6, 6.07) is 0. The fourth-order valence-corrected chi connectivity index (χ4v) is 11.8. The van der Waals surface area contributed by atoms with E-state index in [-0.39, 0.29) is 17.5 Å². The Bertz CT molecular complexity index is 844. The Balaban J connectivity index is 1.36. The van der Waals surface area contributed by atoms with Gasteiger partial charge in [0.15, 0.2) is 0 Å². The van der Waals surface area contributed by atoms with Crippen LogP contribution < -0.4 is 0 Å². The minimum absolute atomic E-state index is 0.0897. The largest absolute Gasteiger partial charge is 0.462 e. The van der Waals surface area contributed by atoms with E-state index >= 15 is 0 Å². The first-order valence-electron chi connectivity index (χ1n) is 15.4. The van der Waals surface area contributed by atoms with Crippen molar-refractivity contribution in [3.63, 3.8) is 0 Å². The molecule has 0 amide bonds. The van der Waals surface area contributed by atoms with Crippen molar-refractivity contribution in [2.45, 2.75) is 139 Å². The van der Waals surface area contributed by atoms with Crippen molar-refractivity contribution in [2.24, 2.45) is 62.6 Å². The predicted molar refractivity (Wildman–Crippen MR) is 145 cm³/mol. The number of hydrogen-bond acceptors (Lipinski definition) is 2. The number of fused-ring (bicyclic) bond motifs is 2. The number of esters is 1. The summed E-state index contributed by atoms with van der Waals surface area (Å²) >= 11 is 0. The van der Waals surface area contributed by atoms with Crippen molar-refractivity contribution in [1.29, 1.82) is 0 Å². The highest BCUT2D eigenvalue weighted by Crippen LogP contribution is 2.89. The highest BCUT2D eigenvalue weighted by molar-refractivity contribution is 5.66. The summed E-state index contributed by atoms with van der Waals surface area (Å²) in [5.41, 5.74) is 2.27. The fraction of sp³-hybridized carbons (Fsp3) is 0.970. The molecular formula is C33H56O2. The number of carbonyl (C=O) groups excluding carboxylic acids is 1. The average molecular weight is 485 g/mol. The van der Waals surface area contributed by atoms with Gasteiger partial charge in [-0.05, 0) is 115 Å². The first-order valence-corrected chi connectivity index (χ1v) is 15.4. The molecule has 0 N–H and O–H groups in total. The van der Waals surface area contributed by atoms with Crippen molar-refractivity contribution in [3.05, 3.63) is 0 Å². The Labute approximate surface area is 217 Å². The summed E-state index contributed by atoms with van der Waals surface area (Å²) in [4.78, 5) is 11.9. The van der Waals surface area contributed by atoms with Gasteiger partial charge in [0.05, 0.1) is 0 Å². The van der Waals surface area contributed by atoms with Gasteiger partial charge < -0.3 is 4.74 Å². The molecule has 2 spiro atoms. The van der Waals surface area contributed by atoms with Crippen LogP contribution in [0.1, 0.15) is 133 Å². The lowest BCUT2D eigenvalue weighted by atomic mass is 9.41. The van der Waals surface area contributed by atoms with E-state index in [1.807, 2.05) is 0 Å². The van der Waals surface area contributed by atoms with Crippen LogP contribution in [0.2, 0.25) is 0 Å². The van der Waals surface area contributed by atoms with Gasteiger partial charge in [0.25, 0.3) is 0 Å². The summed E-state index contributed by atoms with van der Waals surface area (Å²) in [5.74, 6) is 4.98. The van der Waals surface area contributed by atoms with E-state index in [1.54, 1.807) is 6.92 Å². The first kappa shape index (κ1) is 26.1. The smallest absolute Gasteiger partial charge is 0.302 e. The maximum atomic E-state index is 11.9. The number of carbonyl (C=O) groups is 1. The average Bonchev–Trinajstić information content (AvgIpc) is 3.36. The van der Waals surface area contributed by atoms with Gasteiger partial charge >= 0.3 is 5.97 Å². The topological polar surface area (TPSA) is 26.3 Å². The monoisotopic (exact) mass is 484 g/mol. The lowest BCUT2D eigenvalue weighted by Gasteiger charge is -2.63. The zero-order valence-electron chi connectivity index (χ0n) is 24.6. The standard InChI is InChI=1S/C33H56O2/c1-21(2)22(3)10-11-23(4)25-14-16-31(9)27-13-12-26-29(6,7)28(35-24(5)34)15-17-32(26)20-33(27,32)19-18-30(25,31)8/h21-23,25-28H,10-20H2,1-9H3/t22-,23-,25-,26+,27+,28+,30-,31+,32-,33+/m1/s1. The van der Waals surface area contributed by atoms with Crippen LogP contribution in [-0.4, -0.2) is 12.1 Å². The molecule has 0 unspecified atom stereocenters. The van der Waals surface area contributed by atoms with Gasteiger partial charge in [-0.1, -0.05) is 68.2 Å². The van der Waals surface area contributed by atoms with E-state index in [1.165, 1.54) is 64.2 Å². The van der Waals surface area contributed by atoms with Gasteiger partial charge in [0, 0.05) is 12.3 Å². The first-order chi connectivity index (χ1) is 16.3. The second-order valence-corrected chi connectivity index (χ2v) is 15.9. The third-order valence-electron chi connectivity index (χ3n) is 14.3. The zero-order valence-corrected chi connectivity index (χ0v) is 24.6. The lowest BCUT2D eigenvalue weighted by molar-refractivity contribution is -0.181. The molecule has 35 heavy (non-hydrogen) atoms. The molecule has 0 heterocycles. The van der Waals surface area contributed by atoms with E-state index in [9.17, 15) is 4.79 Å². The Morgan fingerprint density at radius 3 is 2.11 bits per heavy atom. The highest BCUT2D eigenvalue weighted by Gasteiger charge is 2.82. The number of rotatable bonds is 6. The molecule has 2 nitrogen and oxygen atoms in total. The van der Waals surface area contributed by atoms with Crippen LogP contribution in [0.15, 0.2) is 0 Å². The second kappa shape index (κ2) is 8.23. The molecule has 10 atom stereocenters. The van der Waals surface area contributed by atoms with E-state index < -0.39 is 0 Å². The van der Waals surface area contributed by atoms with Crippen LogP contribution in [0.3, 0.4) is 0 Å². The fourth-order valence-electron chi connectivity index (χ4n) is 11.8. The van der Waals surface area contributed by atoms with Gasteiger partial charge in [0.2, 0.25) is 0 Å². The summed E-state index contributed by atoms with van der Waals surface area (Å²) in [7, 11) is 0. The van der Waals surface area contributed by atoms with Crippen LogP contribution in [0.25, 0.3) is 0 Å². The molecule has 5 saturated carbocycles. The Hall–Kier alpha value is -0.530. The van der Waals surface area contributed by atoms with E-state index in [0.29, 0.717) is 21.7 Å². The molecule has 5 fully saturated rings. The molecule has 2 heteroatoms. The highest BCUT2D eigenvalue weighted by atomic mass is 16.5. The minimum Gasteiger partial charge on any atom is -0.462 e. The molecular weight excluding hydrogens is 428 g/mol. The number of hydrogen-bond donors (Lipinski definition) is 0. The Kier molecular flexibility index (Phi) is 6.14. The predicted octanol–water partition coefficient (Wildman–Crippen LogP) is 9.07. The van der Waals surface area contributed by atoms with Crippen LogP contribution in [0.4, 0.5) is 0 Å². The lowest BCUT2D eigenvalue weighted by Crippen LogP contribution is -2.58. The molecule has 0 saturated heterocycles. The molecule has 5 rings (SSSR count). The summed E-state index contributed by atoms with van der Waals surface area (Å²) in [5, 5.41) is 0. The van der Waals surface area contributed by atoms with E-state index in [2.05, 4.69) is 55.4 Å². The van der Waals surface area contributed by atoms with Crippen molar-refractivity contribution in [2.75, 3.05) is 0 Å². The van der Waals surface area contributed by atoms with Crippen molar-refractivity contribution < 1.29 is 9.53 Å². The molecule has 0 aliphatic heterocycles. The molecule has 0 aromatic carbocycles. The van der Waals surface area contributed by atoms with Crippen LogP contribution >= 0.6 is 0 Å². The molecule has 5 aliphatic carbocycles. The second-order valence-electron chi connectivity index (χ2n) is 15.9. The van der Waals surface area contributed by atoms with Gasteiger partial charge in [-0.2, -0.15) is 0 Å². The van der Waals surface area contributed by atoms with Crippen molar-refractivity contribution >= 4 is 5.97 Å². The van der Waals surface area contributed by atoms with Crippen LogP contribution in [-0.2, 0) is 9.53 Å². The van der Waals surface area contributed by atoms with Crippen LogP contribution in [0, 0.1) is 62.6 Å². The SMILES string of the molecule is CC(=O)O[C@H]1CC[C@]23C[C@]24CC[C@]2(C)[C@@H]([C@H](C)CC[C@@H](C)C(C)C)CC[C@@]2(C)[C@@H]4CC[C@H]3C1(C)C.